The molecule has 2 unspecified atom stereocenters. The highest BCUT2D eigenvalue weighted by molar-refractivity contribution is 5.66. The lowest BCUT2D eigenvalue weighted by Crippen LogP contribution is -2.53. The number of carboxylic acids is 1. The minimum Gasteiger partial charge on any atom is -0.481 e. The van der Waals surface area contributed by atoms with E-state index < -0.39 is 5.97 Å². The first-order chi connectivity index (χ1) is 9.54. The number of likely N-dealkylation sites (tertiary alicyclic amines) is 1. The fraction of sp³-hybridized carbons (Fsp3) is 0.938. The van der Waals surface area contributed by atoms with Crippen molar-refractivity contribution < 1.29 is 9.90 Å². The van der Waals surface area contributed by atoms with Crippen LogP contribution in [-0.2, 0) is 4.79 Å². The van der Waals surface area contributed by atoms with Crippen molar-refractivity contribution in [2.45, 2.75) is 76.9 Å². The molecule has 0 bridgehead atoms. The minimum absolute atomic E-state index is 0.312. The van der Waals surface area contributed by atoms with Crippen molar-refractivity contribution in [2.24, 2.45) is 5.92 Å². The second kappa shape index (κ2) is 7.41. The van der Waals surface area contributed by atoms with Gasteiger partial charge in [-0.15, -0.1) is 0 Å². The maximum absolute atomic E-state index is 10.8. The van der Waals surface area contributed by atoms with Gasteiger partial charge in [0.05, 0.1) is 0 Å². The zero-order valence-corrected chi connectivity index (χ0v) is 13.0. The number of rotatable bonds is 6. The molecule has 4 heteroatoms. The van der Waals surface area contributed by atoms with Crippen LogP contribution in [0.15, 0.2) is 0 Å². The van der Waals surface area contributed by atoms with Crippen molar-refractivity contribution in [1.29, 1.82) is 0 Å². The van der Waals surface area contributed by atoms with Crippen LogP contribution >= 0.6 is 0 Å². The molecule has 1 aliphatic heterocycles. The second-order valence-electron chi connectivity index (χ2n) is 6.93. The number of nitrogens with one attached hydrogen (secondary N) is 1. The molecule has 0 amide bonds. The summed E-state index contributed by atoms with van der Waals surface area (Å²) < 4.78 is 0. The van der Waals surface area contributed by atoms with Crippen molar-refractivity contribution in [2.75, 3.05) is 13.1 Å². The summed E-state index contributed by atoms with van der Waals surface area (Å²) in [5.74, 6) is -0.131. The summed E-state index contributed by atoms with van der Waals surface area (Å²) in [6.45, 7) is 6.67. The van der Waals surface area contributed by atoms with E-state index in [0.717, 1.165) is 25.9 Å². The average Bonchev–Trinajstić information content (AvgIpc) is 2.89. The van der Waals surface area contributed by atoms with Crippen LogP contribution in [0.5, 0.6) is 0 Å². The molecule has 0 spiro atoms. The molecular weight excluding hydrogens is 252 g/mol. The summed E-state index contributed by atoms with van der Waals surface area (Å²) in [5, 5.41) is 12.7. The van der Waals surface area contributed by atoms with E-state index in [4.69, 9.17) is 5.11 Å². The molecule has 20 heavy (non-hydrogen) atoms. The van der Waals surface area contributed by atoms with E-state index >= 15 is 0 Å². The third kappa shape index (κ3) is 4.74. The van der Waals surface area contributed by atoms with Gasteiger partial charge in [-0.25, -0.2) is 0 Å². The van der Waals surface area contributed by atoms with E-state index in [9.17, 15) is 4.79 Å². The standard InChI is InChI=1S/C16H30N2O2/c1-12(2)18-10-13(7-8-16(19)20)9-15(11-18)17-14-5-3-4-6-14/h12-15,17H,3-11H2,1-2H3,(H,19,20). The quantitative estimate of drug-likeness (QED) is 0.786. The van der Waals surface area contributed by atoms with Gasteiger partial charge in [-0.1, -0.05) is 12.8 Å². The number of aliphatic carboxylic acids is 1. The highest BCUT2D eigenvalue weighted by atomic mass is 16.4. The van der Waals surface area contributed by atoms with Gasteiger partial charge in [-0.05, 0) is 45.4 Å². The van der Waals surface area contributed by atoms with E-state index in [-0.39, 0.29) is 0 Å². The van der Waals surface area contributed by atoms with Crippen molar-refractivity contribution in [1.82, 2.24) is 10.2 Å². The average molecular weight is 282 g/mol. The third-order valence-electron chi connectivity index (χ3n) is 4.89. The van der Waals surface area contributed by atoms with E-state index in [0.29, 0.717) is 30.5 Å². The molecule has 2 aliphatic rings. The van der Waals surface area contributed by atoms with E-state index in [1.165, 1.54) is 25.7 Å². The fourth-order valence-corrected chi connectivity index (χ4v) is 3.75. The van der Waals surface area contributed by atoms with Crippen molar-refractivity contribution >= 4 is 5.97 Å². The third-order valence-corrected chi connectivity index (χ3v) is 4.89. The molecule has 0 aromatic heterocycles. The lowest BCUT2D eigenvalue weighted by molar-refractivity contribution is -0.137. The van der Waals surface area contributed by atoms with E-state index in [1.54, 1.807) is 0 Å². The van der Waals surface area contributed by atoms with Gasteiger partial charge >= 0.3 is 5.97 Å². The number of hydrogen-bond donors (Lipinski definition) is 2. The Labute approximate surface area is 122 Å². The molecule has 2 fully saturated rings. The molecule has 2 rings (SSSR count). The van der Waals surface area contributed by atoms with Gasteiger partial charge in [0.25, 0.3) is 0 Å². The van der Waals surface area contributed by atoms with Crippen LogP contribution in [0.4, 0.5) is 0 Å². The van der Waals surface area contributed by atoms with Crippen LogP contribution in [0.2, 0.25) is 0 Å². The summed E-state index contributed by atoms with van der Waals surface area (Å²) in [5.41, 5.74) is 0. The SMILES string of the molecule is CC(C)N1CC(CCC(=O)O)CC(NC2CCCC2)C1. The van der Waals surface area contributed by atoms with Crippen LogP contribution in [0.25, 0.3) is 0 Å². The van der Waals surface area contributed by atoms with Gasteiger partial charge in [0, 0.05) is 37.6 Å². The lowest BCUT2D eigenvalue weighted by atomic mass is 9.89. The smallest absolute Gasteiger partial charge is 0.303 e. The van der Waals surface area contributed by atoms with Crippen LogP contribution in [0.3, 0.4) is 0 Å². The molecule has 0 radical (unpaired) electrons. The Balaban J connectivity index is 1.87. The summed E-state index contributed by atoms with van der Waals surface area (Å²) >= 11 is 0. The molecule has 2 atom stereocenters. The number of hydrogen-bond acceptors (Lipinski definition) is 3. The highest BCUT2D eigenvalue weighted by Crippen LogP contribution is 2.25. The summed E-state index contributed by atoms with van der Waals surface area (Å²) in [4.78, 5) is 13.3. The van der Waals surface area contributed by atoms with Crippen molar-refractivity contribution in [3.05, 3.63) is 0 Å². The Morgan fingerprint density at radius 2 is 1.95 bits per heavy atom. The molecule has 1 saturated carbocycles. The molecule has 1 aliphatic carbocycles. The maximum atomic E-state index is 10.8. The number of carboxylic acid groups (broad SMARTS) is 1. The minimum atomic E-state index is -0.660. The topological polar surface area (TPSA) is 52.6 Å². The van der Waals surface area contributed by atoms with Gasteiger partial charge in [0.1, 0.15) is 0 Å². The van der Waals surface area contributed by atoms with Crippen molar-refractivity contribution in [3.8, 4) is 0 Å². The number of piperidine rings is 1. The molecule has 1 heterocycles. The van der Waals surface area contributed by atoms with Crippen LogP contribution in [-0.4, -0.2) is 47.2 Å². The zero-order valence-electron chi connectivity index (χ0n) is 13.0. The lowest BCUT2D eigenvalue weighted by Gasteiger charge is -2.41. The number of carbonyl (C=O) groups is 1. The van der Waals surface area contributed by atoms with Gasteiger partial charge in [-0.2, -0.15) is 0 Å². The van der Waals surface area contributed by atoms with Crippen LogP contribution in [0, 0.1) is 5.92 Å². The Bertz CT molecular complexity index is 312. The monoisotopic (exact) mass is 282 g/mol. The maximum Gasteiger partial charge on any atom is 0.303 e. The first-order valence-corrected chi connectivity index (χ1v) is 8.26. The molecule has 4 nitrogen and oxygen atoms in total. The van der Waals surface area contributed by atoms with Crippen LogP contribution in [0.1, 0.15) is 58.8 Å². The molecule has 0 aromatic rings. The molecule has 116 valence electrons. The highest BCUT2D eigenvalue weighted by Gasteiger charge is 2.30. The number of nitrogens with zero attached hydrogens (tertiary/aromatic N) is 1. The molecule has 2 N–H and O–H groups in total. The zero-order chi connectivity index (χ0) is 14.5. The summed E-state index contributed by atoms with van der Waals surface area (Å²) in [6.07, 6.45) is 7.64. The summed E-state index contributed by atoms with van der Waals surface area (Å²) in [7, 11) is 0. The Morgan fingerprint density at radius 3 is 2.55 bits per heavy atom. The van der Waals surface area contributed by atoms with Crippen molar-refractivity contribution in [3.63, 3.8) is 0 Å². The Kier molecular flexibility index (Phi) is 5.85. The summed E-state index contributed by atoms with van der Waals surface area (Å²) in [6, 6.07) is 1.80. The second-order valence-corrected chi connectivity index (χ2v) is 6.93. The predicted molar refractivity (Wildman–Crippen MR) is 80.9 cm³/mol. The van der Waals surface area contributed by atoms with Crippen LogP contribution < -0.4 is 5.32 Å². The first-order valence-electron chi connectivity index (χ1n) is 8.26. The largest absolute Gasteiger partial charge is 0.481 e. The fourth-order valence-electron chi connectivity index (χ4n) is 3.75. The Hall–Kier alpha value is -0.610. The van der Waals surface area contributed by atoms with Gasteiger partial charge in [-0.3, -0.25) is 9.69 Å². The Morgan fingerprint density at radius 1 is 1.25 bits per heavy atom. The molecular formula is C16H30N2O2. The van der Waals surface area contributed by atoms with Gasteiger partial charge in [0.15, 0.2) is 0 Å². The van der Waals surface area contributed by atoms with E-state index in [2.05, 4.69) is 24.1 Å². The first kappa shape index (κ1) is 15.8. The predicted octanol–water partition coefficient (Wildman–Crippen LogP) is 2.48. The molecule has 1 saturated heterocycles. The van der Waals surface area contributed by atoms with Gasteiger partial charge < -0.3 is 10.4 Å². The van der Waals surface area contributed by atoms with E-state index in [1.807, 2.05) is 0 Å². The normalized spacial score (nSPS) is 29.1. The van der Waals surface area contributed by atoms with Gasteiger partial charge in [0.2, 0.25) is 0 Å². The molecule has 0 aromatic carbocycles.